The van der Waals surface area contributed by atoms with Crippen LogP contribution < -0.4 is 4.57 Å². The van der Waals surface area contributed by atoms with E-state index in [1.165, 1.54) is 5.56 Å². The minimum absolute atomic E-state index is 0.0251. The maximum atomic E-state index is 12.2. The van der Waals surface area contributed by atoms with E-state index in [9.17, 15) is 4.79 Å². The molecule has 0 bridgehead atoms. The van der Waals surface area contributed by atoms with Crippen LogP contribution >= 0.6 is 11.6 Å². The summed E-state index contributed by atoms with van der Waals surface area (Å²) >= 11 is 5.84. The molecule has 23 heavy (non-hydrogen) atoms. The molecule has 0 aliphatic rings. The van der Waals surface area contributed by atoms with Crippen LogP contribution in [0.1, 0.15) is 15.9 Å². The molecule has 0 aliphatic heterocycles. The van der Waals surface area contributed by atoms with Crippen LogP contribution in [0.5, 0.6) is 0 Å². The average Bonchev–Trinajstić information content (AvgIpc) is 2.57. The van der Waals surface area contributed by atoms with Gasteiger partial charge in [-0.1, -0.05) is 35.9 Å². The standard InChI is InChI=1S/C19H16ClN2O/c1-14-4-2-3-5-17(14)18-10-11-22(13-21-18)12-19(23)15-6-8-16(20)9-7-15/h2-11,13H,12H2,1H3/q+1. The fourth-order valence-electron chi connectivity index (χ4n) is 2.39. The number of nitrogens with zero attached hydrogens (tertiary/aromatic N) is 2. The number of halogens is 1. The van der Waals surface area contributed by atoms with Gasteiger partial charge in [0.1, 0.15) is 0 Å². The molecule has 3 nitrogen and oxygen atoms in total. The number of Topliss-reactive ketones (excluding diaryl/α,β-unsaturated/α-hetero) is 1. The van der Waals surface area contributed by atoms with Gasteiger partial charge in [-0.25, -0.2) is 4.57 Å². The van der Waals surface area contributed by atoms with E-state index < -0.39 is 0 Å². The molecule has 0 N–H and O–H groups in total. The molecule has 114 valence electrons. The van der Waals surface area contributed by atoms with E-state index >= 15 is 0 Å². The van der Waals surface area contributed by atoms with E-state index in [4.69, 9.17) is 11.6 Å². The zero-order valence-corrected chi connectivity index (χ0v) is 13.5. The molecule has 0 atom stereocenters. The van der Waals surface area contributed by atoms with Crippen molar-refractivity contribution in [3.63, 3.8) is 0 Å². The average molecular weight is 324 g/mol. The highest BCUT2D eigenvalue weighted by molar-refractivity contribution is 6.30. The van der Waals surface area contributed by atoms with Gasteiger partial charge in [-0.05, 0) is 41.7 Å². The van der Waals surface area contributed by atoms with Crippen LogP contribution in [0.25, 0.3) is 11.3 Å². The molecule has 0 unspecified atom stereocenters. The molecule has 4 heteroatoms. The summed E-state index contributed by atoms with van der Waals surface area (Å²) in [5.74, 6) is 0.0251. The Hall–Kier alpha value is -2.52. The molecule has 0 spiro atoms. The highest BCUT2D eigenvalue weighted by atomic mass is 35.5. The minimum atomic E-state index is 0.0251. The van der Waals surface area contributed by atoms with E-state index in [-0.39, 0.29) is 12.3 Å². The van der Waals surface area contributed by atoms with Gasteiger partial charge < -0.3 is 0 Å². The second-order valence-corrected chi connectivity index (χ2v) is 5.80. The van der Waals surface area contributed by atoms with Gasteiger partial charge in [0.05, 0.1) is 6.20 Å². The molecule has 0 fully saturated rings. The van der Waals surface area contributed by atoms with Crippen molar-refractivity contribution in [3.05, 3.63) is 83.3 Å². The fourth-order valence-corrected chi connectivity index (χ4v) is 2.52. The lowest BCUT2D eigenvalue weighted by atomic mass is 10.1. The van der Waals surface area contributed by atoms with Gasteiger partial charge in [0.2, 0.25) is 5.78 Å². The number of hydrogen-bond donors (Lipinski definition) is 0. The van der Waals surface area contributed by atoms with E-state index in [0.717, 1.165) is 11.3 Å². The molecule has 0 aliphatic carbocycles. The van der Waals surface area contributed by atoms with Gasteiger partial charge in [-0.2, -0.15) is 0 Å². The SMILES string of the molecule is Cc1ccccc1-c1cc[n+](CC(=O)c2ccc(Cl)cc2)cn1. The van der Waals surface area contributed by atoms with Crippen LogP contribution in [0.2, 0.25) is 5.02 Å². The molecule has 3 aromatic rings. The maximum absolute atomic E-state index is 12.2. The molecular weight excluding hydrogens is 308 g/mol. The summed E-state index contributed by atoms with van der Waals surface area (Å²) < 4.78 is 1.78. The summed E-state index contributed by atoms with van der Waals surface area (Å²) in [4.78, 5) is 16.7. The second kappa shape index (κ2) is 6.71. The summed E-state index contributed by atoms with van der Waals surface area (Å²) in [6.45, 7) is 2.31. The summed E-state index contributed by atoms with van der Waals surface area (Å²) in [5.41, 5.74) is 3.82. The minimum Gasteiger partial charge on any atom is -0.290 e. The van der Waals surface area contributed by atoms with Crippen molar-refractivity contribution in [2.24, 2.45) is 0 Å². The fraction of sp³-hybridized carbons (Fsp3) is 0.105. The first-order valence-corrected chi connectivity index (χ1v) is 7.71. The number of rotatable bonds is 4. The quantitative estimate of drug-likeness (QED) is 0.539. The Morgan fingerprint density at radius 2 is 1.83 bits per heavy atom. The van der Waals surface area contributed by atoms with Crippen molar-refractivity contribution in [3.8, 4) is 11.3 Å². The number of benzene rings is 2. The number of ketones is 1. The van der Waals surface area contributed by atoms with Crippen molar-refractivity contribution in [2.45, 2.75) is 13.5 Å². The lowest BCUT2D eigenvalue weighted by Crippen LogP contribution is -2.37. The third-order valence-corrected chi connectivity index (χ3v) is 3.93. The second-order valence-electron chi connectivity index (χ2n) is 5.36. The maximum Gasteiger partial charge on any atom is 0.287 e. The highest BCUT2D eigenvalue weighted by Gasteiger charge is 2.12. The molecular formula is C19H16ClN2O+. The Morgan fingerprint density at radius 1 is 1.09 bits per heavy atom. The number of aryl methyl sites for hydroxylation is 1. The van der Waals surface area contributed by atoms with Crippen molar-refractivity contribution < 1.29 is 9.36 Å². The molecule has 2 aromatic carbocycles. The molecule has 1 aromatic heterocycles. The molecule has 1 heterocycles. The predicted molar refractivity (Wildman–Crippen MR) is 90.4 cm³/mol. The first-order valence-electron chi connectivity index (χ1n) is 7.33. The van der Waals surface area contributed by atoms with Crippen LogP contribution in [0.3, 0.4) is 0 Å². The van der Waals surface area contributed by atoms with Crippen molar-refractivity contribution in [1.82, 2.24) is 4.98 Å². The summed E-state index contributed by atoms with van der Waals surface area (Å²) in [6, 6.07) is 16.9. The normalized spacial score (nSPS) is 10.5. The zero-order chi connectivity index (χ0) is 16.2. The van der Waals surface area contributed by atoms with E-state index in [1.54, 1.807) is 35.2 Å². The van der Waals surface area contributed by atoms with Gasteiger partial charge >= 0.3 is 0 Å². The van der Waals surface area contributed by atoms with Gasteiger partial charge in [0.25, 0.3) is 6.33 Å². The van der Waals surface area contributed by atoms with Crippen molar-refractivity contribution >= 4 is 17.4 Å². The molecule has 0 amide bonds. The zero-order valence-electron chi connectivity index (χ0n) is 12.7. The third kappa shape index (κ3) is 3.63. The van der Waals surface area contributed by atoms with Gasteiger partial charge in [0, 0.05) is 22.2 Å². The summed E-state index contributed by atoms with van der Waals surface area (Å²) in [6.07, 6.45) is 3.57. The first kappa shape index (κ1) is 15.4. The molecule has 3 rings (SSSR count). The Morgan fingerprint density at radius 3 is 2.48 bits per heavy atom. The van der Waals surface area contributed by atoms with Crippen LogP contribution in [0, 0.1) is 6.92 Å². The number of carbonyl (C=O) groups excluding carboxylic acids is 1. The van der Waals surface area contributed by atoms with Crippen LogP contribution in [0.15, 0.2) is 67.1 Å². The molecule has 0 saturated heterocycles. The lowest BCUT2D eigenvalue weighted by Gasteiger charge is -2.02. The van der Waals surface area contributed by atoms with Gasteiger partial charge in [0.15, 0.2) is 12.2 Å². The predicted octanol–water partition coefficient (Wildman–Crippen LogP) is 3.88. The van der Waals surface area contributed by atoms with Gasteiger partial charge in [-0.15, -0.1) is 0 Å². The van der Waals surface area contributed by atoms with Crippen molar-refractivity contribution in [1.29, 1.82) is 0 Å². The monoisotopic (exact) mass is 323 g/mol. The lowest BCUT2D eigenvalue weighted by molar-refractivity contribution is -0.686. The number of aromatic nitrogens is 2. The van der Waals surface area contributed by atoms with E-state index in [0.29, 0.717) is 10.6 Å². The van der Waals surface area contributed by atoms with Crippen LogP contribution in [-0.4, -0.2) is 10.8 Å². The van der Waals surface area contributed by atoms with E-state index in [2.05, 4.69) is 18.0 Å². The van der Waals surface area contributed by atoms with Crippen molar-refractivity contribution in [2.75, 3.05) is 0 Å². The van der Waals surface area contributed by atoms with Crippen LogP contribution in [-0.2, 0) is 6.54 Å². The van der Waals surface area contributed by atoms with Crippen LogP contribution in [0.4, 0.5) is 0 Å². The Bertz CT molecular complexity index is 827. The topological polar surface area (TPSA) is 33.8 Å². The number of carbonyl (C=O) groups is 1. The Kier molecular flexibility index (Phi) is 4.49. The first-order chi connectivity index (χ1) is 11.1. The Labute approximate surface area is 140 Å². The summed E-state index contributed by atoms with van der Waals surface area (Å²) in [7, 11) is 0. The summed E-state index contributed by atoms with van der Waals surface area (Å²) in [5, 5.41) is 0.624. The smallest absolute Gasteiger partial charge is 0.287 e. The molecule has 0 saturated carbocycles. The largest absolute Gasteiger partial charge is 0.290 e. The molecule has 0 radical (unpaired) electrons. The van der Waals surface area contributed by atoms with E-state index in [1.807, 2.05) is 30.5 Å². The Balaban J connectivity index is 1.76. The third-order valence-electron chi connectivity index (χ3n) is 3.68. The van der Waals surface area contributed by atoms with Gasteiger partial charge in [-0.3, -0.25) is 4.79 Å². The highest BCUT2D eigenvalue weighted by Crippen LogP contribution is 2.19. The number of hydrogen-bond acceptors (Lipinski definition) is 2.